The smallest absolute Gasteiger partial charge is 0.340 e. The molecule has 2 rings (SSSR count). The zero-order valence-corrected chi connectivity index (χ0v) is 18.5. The number of esters is 1. The highest BCUT2D eigenvalue weighted by molar-refractivity contribution is 7.89. The highest BCUT2D eigenvalue weighted by Gasteiger charge is 2.20. The van der Waals surface area contributed by atoms with E-state index in [1.807, 2.05) is 0 Å². The Bertz CT molecular complexity index is 1040. The molecule has 2 aromatic carbocycles. The summed E-state index contributed by atoms with van der Waals surface area (Å²) in [6.45, 7) is -0.320. The summed E-state index contributed by atoms with van der Waals surface area (Å²) < 4.78 is 30.9. The maximum absolute atomic E-state index is 12.3. The lowest BCUT2D eigenvalue weighted by Crippen LogP contribution is -2.31. The van der Waals surface area contributed by atoms with E-state index < -0.39 is 28.5 Å². The predicted octanol–water partition coefficient (Wildman–Crippen LogP) is 3.37. The number of hydrogen-bond donors (Lipinski definition) is 1. The summed E-state index contributed by atoms with van der Waals surface area (Å²) >= 11 is 17.8. The van der Waals surface area contributed by atoms with Crippen LogP contribution in [-0.4, -0.2) is 45.9 Å². The van der Waals surface area contributed by atoms with Gasteiger partial charge in [0, 0.05) is 13.6 Å². The van der Waals surface area contributed by atoms with Crippen molar-refractivity contribution in [3.63, 3.8) is 0 Å². The third-order valence-corrected chi connectivity index (χ3v) is 6.37. The third kappa shape index (κ3) is 6.07. The summed E-state index contributed by atoms with van der Waals surface area (Å²) in [5, 5.41) is 0.766. The van der Waals surface area contributed by atoms with Crippen molar-refractivity contribution in [1.29, 1.82) is 0 Å². The number of carbonyl (C=O) groups excluding carboxylic acids is 2. The van der Waals surface area contributed by atoms with E-state index in [2.05, 4.69) is 4.72 Å². The maximum atomic E-state index is 12.3. The van der Waals surface area contributed by atoms with E-state index in [4.69, 9.17) is 39.5 Å². The van der Waals surface area contributed by atoms with Crippen molar-refractivity contribution >= 4 is 56.7 Å². The van der Waals surface area contributed by atoms with Crippen LogP contribution in [0.3, 0.4) is 0 Å². The van der Waals surface area contributed by atoms with Gasteiger partial charge in [0.05, 0.1) is 25.5 Å². The monoisotopic (exact) mass is 478 g/mol. The van der Waals surface area contributed by atoms with Crippen LogP contribution in [0.4, 0.5) is 0 Å². The van der Waals surface area contributed by atoms with Gasteiger partial charge in [0.25, 0.3) is 5.91 Å². The van der Waals surface area contributed by atoms with Crippen molar-refractivity contribution in [3.8, 4) is 0 Å². The molecular formula is C18H17Cl3N2O5S. The summed E-state index contributed by atoms with van der Waals surface area (Å²) in [7, 11) is -0.995. The second kappa shape index (κ2) is 9.77. The summed E-state index contributed by atoms with van der Waals surface area (Å²) in [5.74, 6) is -1.39. The minimum atomic E-state index is -3.77. The quantitative estimate of drug-likeness (QED) is 0.615. The molecule has 0 fully saturated rings. The molecule has 0 radical (unpaired) electrons. The summed E-state index contributed by atoms with van der Waals surface area (Å²) in [4.78, 5) is 25.7. The van der Waals surface area contributed by atoms with E-state index in [1.54, 1.807) is 18.2 Å². The second-order valence-corrected chi connectivity index (χ2v) is 9.03. The van der Waals surface area contributed by atoms with Crippen molar-refractivity contribution in [3.05, 3.63) is 62.6 Å². The van der Waals surface area contributed by atoms with Crippen LogP contribution >= 0.6 is 34.8 Å². The molecular weight excluding hydrogens is 463 g/mol. The van der Waals surface area contributed by atoms with Gasteiger partial charge >= 0.3 is 5.97 Å². The number of ether oxygens (including phenoxy) is 1. The number of halogens is 3. The molecule has 0 unspecified atom stereocenters. The molecule has 0 spiro atoms. The van der Waals surface area contributed by atoms with E-state index in [0.29, 0.717) is 10.0 Å². The van der Waals surface area contributed by atoms with Gasteiger partial charge in [-0.15, -0.1) is 0 Å². The normalized spacial score (nSPS) is 11.2. The van der Waals surface area contributed by atoms with Crippen LogP contribution in [0.25, 0.3) is 0 Å². The highest BCUT2D eigenvalue weighted by atomic mass is 35.5. The van der Waals surface area contributed by atoms with Gasteiger partial charge in [0.2, 0.25) is 10.0 Å². The first-order chi connectivity index (χ1) is 13.5. The molecule has 0 heterocycles. The van der Waals surface area contributed by atoms with E-state index >= 15 is 0 Å². The van der Waals surface area contributed by atoms with Crippen molar-refractivity contribution in [2.24, 2.45) is 0 Å². The molecule has 0 atom stereocenters. The molecule has 0 aromatic heterocycles. The lowest BCUT2D eigenvalue weighted by Gasteiger charge is -2.17. The molecule has 11 heteroatoms. The van der Waals surface area contributed by atoms with Crippen molar-refractivity contribution in [2.45, 2.75) is 11.4 Å². The fourth-order valence-corrected chi connectivity index (χ4v) is 3.53. The first-order valence-electron chi connectivity index (χ1n) is 8.13. The Morgan fingerprint density at radius 1 is 1.03 bits per heavy atom. The Morgan fingerprint density at radius 2 is 1.69 bits per heavy atom. The van der Waals surface area contributed by atoms with Crippen molar-refractivity contribution < 1.29 is 22.7 Å². The molecule has 0 saturated carbocycles. The van der Waals surface area contributed by atoms with Gasteiger partial charge in [-0.25, -0.2) is 17.9 Å². The van der Waals surface area contributed by atoms with Crippen LogP contribution in [0, 0.1) is 0 Å². The Kier molecular flexibility index (Phi) is 7.90. The number of rotatable bonds is 7. The van der Waals surface area contributed by atoms with Gasteiger partial charge < -0.3 is 9.64 Å². The largest absolute Gasteiger partial charge is 0.452 e. The van der Waals surface area contributed by atoms with Crippen molar-refractivity contribution in [2.75, 3.05) is 20.7 Å². The van der Waals surface area contributed by atoms with Gasteiger partial charge in [0.1, 0.15) is 0 Å². The summed E-state index contributed by atoms with van der Waals surface area (Å²) in [6, 6.07) is 8.57. The number of nitrogens with zero attached hydrogens (tertiary/aromatic N) is 1. The first kappa shape index (κ1) is 23.4. The Balaban J connectivity index is 2.03. The molecule has 2 aromatic rings. The Morgan fingerprint density at radius 3 is 2.31 bits per heavy atom. The number of carbonyl (C=O) groups is 2. The number of hydrogen-bond acceptors (Lipinski definition) is 5. The third-order valence-electron chi connectivity index (χ3n) is 3.89. The number of amides is 1. The number of likely N-dealkylation sites (N-methyl/N-ethyl adjacent to an activating group) is 1. The average molecular weight is 480 g/mol. The maximum Gasteiger partial charge on any atom is 0.340 e. The highest BCUT2D eigenvalue weighted by Crippen LogP contribution is 2.23. The van der Waals surface area contributed by atoms with E-state index in [9.17, 15) is 18.0 Å². The van der Waals surface area contributed by atoms with Gasteiger partial charge in [-0.05, 0) is 42.9 Å². The van der Waals surface area contributed by atoms with Crippen LogP contribution in [0.1, 0.15) is 15.9 Å². The van der Waals surface area contributed by atoms with Gasteiger partial charge in [-0.3, -0.25) is 4.79 Å². The molecule has 0 bridgehead atoms. The fourth-order valence-electron chi connectivity index (χ4n) is 2.26. The van der Waals surface area contributed by atoms with Gasteiger partial charge in [-0.1, -0.05) is 40.9 Å². The topological polar surface area (TPSA) is 92.8 Å². The van der Waals surface area contributed by atoms with Crippen LogP contribution in [0.5, 0.6) is 0 Å². The molecule has 1 N–H and O–H groups in total. The average Bonchev–Trinajstić information content (AvgIpc) is 2.68. The molecule has 0 aliphatic rings. The SMILES string of the molecule is CNS(=O)(=O)c1ccc(Cl)c(C(=O)OCC(=O)N(C)Cc2ccc(Cl)c(Cl)c2)c1. The molecule has 156 valence electrons. The minimum absolute atomic E-state index is 0.00154. The number of sulfonamides is 1. The number of benzene rings is 2. The number of nitrogens with one attached hydrogen (secondary N) is 1. The summed E-state index contributed by atoms with van der Waals surface area (Å²) in [5.41, 5.74) is 0.581. The van der Waals surface area contributed by atoms with Gasteiger partial charge in [-0.2, -0.15) is 0 Å². The standard InChI is InChI=1S/C18H17Cl3N2O5S/c1-22-29(26,27)12-4-6-14(19)13(8-12)18(25)28-10-17(24)23(2)9-11-3-5-15(20)16(21)7-11/h3-8,22H,9-10H2,1-2H3. The predicted molar refractivity (Wildman–Crippen MR) is 111 cm³/mol. The summed E-state index contributed by atoms with van der Waals surface area (Å²) in [6.07, 6.45) is 0. The van der Waals surface area contributed by atoms with E-state index in [1.165, 1.54) is 31.1 Å². The van der Waals surface area contributed by atoms with E-state index in [0.717, 1.165) is 11.6 Å². The second-order valence-electron chi connectivity index (χ2n) is 5.92. The molecule has 0 saturated heterocycles. The van der Waals surface area contributed by atoms with E-state index in [-0.39, 0.29) is 22.0 Å². The minimum Gasteiger partial charge on any atom is -0.452 e. The Labute approximate surface area is 183 Å². The first-order valence-corrected chi connectivity index (χ1v) is 10.7. The van der Waals surface area contributed by atoms with Crippen LogP contribution in [0.15, 0.2) is 41.3 Å². The lowest BCUT2D eigenvalue weighted by molar-refractivity contribution is -0.133. The van der Waals surface area contributed by atoms with Crippen LogP contribution in [0.2, 0.25) is 15.1 Å². The molecule has 1 amide bonds. The van der Waals surface area contributed by atoms with Crippen molar-refractivity contribution in [1.82, 2.24) is 9.62 Å². The lowest BCUT2D eigenvalue weighted by atomic mass is 10.2. The Hall–Kier alpha value is -1.84. The van der Waals surface area contributed by atoms with Crippen LogP contribution in [-0.2, 0) is 26.1 Å². The molecule has 7 nitrogen and oxygen atoms in total. The van der Waals surface area contributed by atoms with Gasteiger partial charge in [0.15, 0.2) is 6.61 Å². The molecule has 29 heavy (non-hydrogen) atoms. The zero-order chi connectivity index (χ0) is 21.8. The van der Waals surface area contributed by atoms with Crippen LogP contribution < -0.4 is 4.72 Å². The molecule has 0 aliphatic carbocycles. The fraction of sp³-hybridized carbons (Fsp3) is 0.222. The zero-order valence-electron chi connectivity index (χ0n) is 15.4. The molecule has 0 aliphatic heterocycles.